The number of aryl methyl sites for hydroxylation is 3. The van der Waals surface area contributed by atoms with Crippen LogP contribution in [0.15, 0.2) is 42.5 Å². The van der Waals surface area contributed by atoms with E-state index in [4.69, 9.17) is 4.74 Å². The molecule has 2 aromatic carbocycles. The van der Waals surface area contributed by atoms with Crippen molar-refractivity contribution in [1.82, 2.24) is 10.2 Å². The Morgan fingerprint density at radius 3 is 2.18 bits per heavy atom. The standard InChI is InChI=1S/C29H38N4O4S/c1-19-11-8-9-14-22(19)31-26(34)25(24-20(2)12-10-13-21(24)3)33(17-16-30)27(35)23(15-18-38-7)32-28(36)37-29(4,5)6/h8-14,23,25H,15,17-18H2,1-7H3,(H,31,34)(H,32,36). The van der Waals surface area contributed by atoms with E-state index in [2.05, 4.69) is 10.6 Å². The number of carbonyl (C=O) groups excluding carboxylic acids is 3. The van der Waals surface area contributed by atoms with Crippen LogP contribution in [0.2, 0.25) is 0 Å². The molecule has 2 atom stereocenters. The Morgan fingerprint density at radius 2 is 1.63 bits per heavy atom. The molecule has 0 aromatic heterocycles. The Hall–Kier alpha value is -3.51. The molecule has 9 heteroatoms. The first-order chi connectivity index (χ1) is 17.9. The molecule has 3 amide bonds. The van der Waals surface area contributed by atoms with E-state index in [1.165, 1.54) is 16.7 Å². The van der Waals surface area contributed by atoms with Crippen molar-refractivity contribution in [2.24, 2.45) is 0 Å². The van der Waals surface area contributed by atoms with Gasteiger partial charge in [-0.25, -0.2) is 4.79 Å². The van der Waals surface area contributed by atoms with E-state index < -0.39 is 35.6 Å². The van der Waals surface area contributed by atoms with Gasteiger partial charge in [-0.15, -0.1) is 0 Å². The molecule has 8 nitrogen and oxygen atoms in total. The van der Waals surface area contributed by atoms with Crippen molar-refractivity contribution in [3.05, 3.63) is 64.7 Å². The van der Waals surface area contributed by atoms with Crippen molar-refractivity contribution in [3.63, 3.8) is 0 Å². The van der Waals surface area contributed by atoms with Gasteiger partial charge in [0.05, 0.1) is 6.07 Å². The van der Waals surface area contributed by atoms with E-state index in [0.717, 1.165) is 16.7 Å². The Morgan fingerprint density at radius 1 is 1.03 bits per heavy atom. The zero-order chi connectivity index (χ0) is 28.5. The number of hydrogen-bond donors (Lipinski definition) is 2. The summed E-state index contributed by atoms with van der Waals surface area (Å²) in [4.78, 5) is 41.8. The zero-order valence-corrected chi connectivity index (χ0v) is 24.1. The second-order valence-corrected chi connectivity index (χ2v) is 11.1. The Kier molecular flexibility index (Phi) is 11.2. The number of amides is 3. The normalized spacial score (nSPS) is 12.6. The first kappa shape index (κ1) is 30.7. The highest BCUT2D eigenvalue weighted by atomic mass is 32.2. The number of nitrogens with one attached hydrogen (secondary N) is 2. The van der Waals surface area contributed by atoms with Gasteiger partial charge in [0, 0.05) is 5.69 Å². The van der Waals surface area contributed by atoms with Crippen molar-refractivity contribution in [1.29, 1.82) is 5.26 Å². The van der Waals surface area contributed by atoms with Crippen LogP contribution in [-0.4, -0.2) is 53.0 Å². The lowest BCUT2D eigenvalue weighted by Gasteiger charge is -2.34. The molecule has 0 aliphatic rings. The van der Waals surface area contributed by atoms with Gasteiger partial charge >= 0.3 is 6.09 Å². The molecule has 0 aliphatic carbocycles. The molecule has 0 spiro atoms. The van der Waals surface area contributed by atoms with Crippen molar-refractivity contribution in [2.75, 3.05) is 23.9 Å². The molecule has 0 radical (unpaired) electrons. The number of ether oxygens (including phenoxy) is 1. The van der Waals surface area contributed by atoms with Crippen LogP contribution in [0.4, 0.5) is 10.5 Å². The third-order valence-electron chi connectivity index (χ3n) is 5.90. The van der Waals surface area contributed by atoms with Gasteiger partial charge in [-0.2, -0.15) is 17.0 Å². The quantitative estimate of drug-likeness (QED) is 0.398. The van der Waals surface area contributed by atoms with Gasteiger partial charge in [0.1, 0.15) is 24.2 Å². The predicted molar refractivity (Wildman–Crippen MR) is 152 cm³/mol. The van der Waals surface area contributed by atoms with E-state index in [1.807, 2.05) is 69.5 Å². The van der Waals surface area contributed by atoms with Gasteiger partial charge in [-0.1, -0.05) is 36.4 Å². The third kappa shape index (κ3) is 8.52. The van der Waals surface area contributed by atoms with Crippen LogP contribution < -0.4 is 10.6 Å². The minimum absolute atomic E-state index is 0.306. The first-order valence-electron chi connectivity index (χ1n) is 12.5. The van der Waals surface area contributed by atoms with Crippen LogP contribution in [0.25, 0.3) is 0 Å². The lowest BCUT2D eigenvalue weighted by atomic mass is 9.93. The number of rotatable bonds is 10. The molecule has 0 aliphatic heterocycles. The number of anilines is 1. The first-order valence-corrected chi connectivity index (χ1v) is 13.9. The number of hydrogen-bond acceptors (Lipinski definition) is 6. The van der Waals surface area contributed by atoms with Crippen LogP contribution in [0.1, 0.15) is 55.5 Å². The fraction of sp³-hybridized carbons (Fsp3) is 0.448. The average Bonchev–Trinajstić information content (AvgIpc) is 2.83. The van der Waals surface area contributed by atoms with Gasteiger partial charge < -0.3 is 20.3 Å². The van der Waals surface area contributed by atoms with Crippen LogP contribution in [0, 0.1) is 32.1 Å². The maximum Gasteiger partial charge on any atom is 0.408 e. The summed E-state index contributed by atoms with van der Waals surface area (Å²) in [6, 6.07) is 12.9. The maximum atomic E-state index is 14.0. The number of para-hydroxylation sites is 1. The molecule has 38 heavy (non-hydrogen) atoms. The molecule has 0 saturated heterocycles. The van der Waals surface area contributed by atoms with Crippen molar-refractivity contribution < 1.29 is 19.1 Å². The number of nitrogens with zero attached hydrogens (tertiary/aromatic N) is 2. The summed E-state index contributed by atoms with van der Waals surface area (Å²) in [5.41, 5.74) is 2.99. The number of carbonyl (C=O) groups is 3. The molecule has 204 valence electrons. The van der Waals surface area contributed by atoms with Crippen LogP contribution >= 0.6 is 11.8 Å². The molecule has 0 heterocycles. The van der Waals surface area contributed by atoms with E-state index in [0.29, 0.717) is 23.4 Å². The monoisotopic (exact) mass is 538 g/mol. The highest BCUT2D eigenvalue weighted by Gasteiger charge is 2.37. The largest absolute Gasteiger partial charge is 0.444 e. The minimum atomic E-state index is -1.10. The summed E-state index contributed by atoms with van der Waals surface area (Å²) < 4.78 is 5.39. The van der Waals surface area contributed by atoms with Crippen LogP contribution in [0.5, 0.6) is 0 Å². The van der Waals surface area contributed by atoms with Crippen molar-refractivity contribution >= 4 is 35.4 Å². The number of thioether (sulfide) groups is 1. The maximum absolute atomic E-state index is 14.0. The SMILES string of the molecule is CSCCC(NC(=O)OC(C)(C)C)C(=O)N(CC#N)C(C(=O)Nc1ccccc1C)c1c(C)cccc1C. The van der Waals surface area contributed by atoms with E-state index in [1.54, 1.807) is 26.8 Å². The molecule has 0 fully saturated rings. The molecule has 2 N–H and O–H groups in total. The zero-order valence-electron chi connectivity index (χ0n) is 23.3. The van der Waals surface area contributed by atoms with Gasteiger partial charge in [0.25, 0.3) is 5.91 Å². The topological polar surface area (TPSA) is 112 Å². The van der Waals surface area contributed by atoms with Crippen LogP contribution in [-0.2, 0) is 14.3 Å². The number of alkyl carbamates (subject to hydrolysis) is 1. The van der Waals surface area contributed by atoms with E-state index in [-0.39, 0.29) is 6.54 Å². The van der Waals surface area contributed by atoms with Gasteiger partial charge in [-0.3, -0.25) is 9.59 Å². The number of nitriles is 1. The molecule has 2 unspecified atom stereocenters. The van der Waals surface area contributed by atoms with Crippen LogP contribution in [0.3, 0.4) is 0 Å². The van der Waals surface area contributed by atoms with E-state index >= 15 is 0 Å². The molecule has 0 bridgehead atoms. The summed E-state index contributed by atoms with van der Waals surface area (Å²) in [6.07, 6.45) is 1.47. The number of benzene rings is 2. The third-order valence-corrected chi connectivity index (χ3v) is 6.55. The molecular weight excluding hydrogens is 500 g/mol. The fourth-order valence-electron chi connectivity index (χ4n) is 4.12. The predicted octanol–water partition coefficient (Wildman–Crippen LogP) is 5.29. The minimum Gasteiger partial charge on any atom is -0.444 e. The summed E-state index contributed by atoms with van der Waals surface area (Å²) >= 11 is 1.52. The summed E-state index contributed by atoms with van der Waals surface area (Å²) in [6.45, 7) is 10.5. The molecule has 0 saturated carbocycles. The second-order valence-electron chi connectivity index (χ2n) is 10.1. The smallest absolute Gasteiger partial charge is 0.408 e. The Labute approximate surface area is 230 Å². The lowest BCUT2D eigenvalue weighted by molar-refractivity contribution is -0.140. The summed E-state index contributed by atoms with van der Waals surface area (Å²) in [5, 5.41) is 15.4. The summed E-state index contributed by atoms with van der Waals surface area (Å²) in [7, 11) is 0. The second kappa shape index (κ2) is 13.9. The highest BCUT2D eigenvalue weighted by Crippen LogP contribution is 2.30. The molecular formula is C29H38N4O4S. The molecule has 2 aromatic rings. The average molecular weight is 539 g/mol. The van der Waals surface area contributed by atoms with Gasteiger partial charge in [-0.05, 0) is 88.3 Å². The Balaban J connectivity index is 2.57. The Bertz CT molecular complexity index is 1170. The van der Waals surface area contributed by atoms with Gasteiger partial charge in [0.2, 0.25) is 5.91 Å². The van der Waals surface area contributed by atoms with Gasteiger partial charge in [0.15, 0.2) is 0 Å². The van der Waals surface area contributed by atoms with E-state index in [9.17, 15) is 19.6 Å². The highest BCUT2D eigenvalue weighted by molar-refractivity contribution is 7.98. The lowest BCUT2D eigenvalue weighted by Crippen LogP contribution is -2.53. The molecule has 2 rings (SSSR count). The van der Waals surface area contributed by atoms with Crippen molar-refractivity contribution in [2.45, 2.75) is 65.6 Å². The van der Waals surface area contributed by atoms with Crippen molar-refractivity contribution in [3.8, 4) is 6.07 Å². The fourth-order valence-corrected chi connectivity index (χ4v) is 4.59. The summed E-state index contributed by atoms with van der Waals surface area (Å²) in [5.74, 6) is -0.393.